The highest BCUT2D eigenvalue weighted by molar-refractivity contribution is 6.91. The van der Waals surface area contributed by atoms with E-state index >= 15 is 0 Å². The van der Waals surface area contributed by atoms with Crippen LogP contribution in [0.1, 0.15) is 5.56 Å². The number of hydrogen-bond donors (Lipinski definition) is 1. The Morgan fingerprint density at radius 2 is 1.45 bits per heavy atom. The minimum Gasteiger partial charge on any atom is -0.282 e. The van der Waals surface area contributed by atoms with Gasteiger partial charge in [0.05, 0.1) is 5.69 Å². The molecule has 100 valence electrons. The fraction of sp³-hybridized carbons (Fsp3) is 0. The van der Waals surface area contributed by atoms with Crippen molar-refractivity contribution in [1.29, 1.82) is 0 Å². The van der Waals surface area contributed by atoms with E-state index in [1.165, 1.54) is 0 Å². The Bertz CT molecular complexity index is 639. The van der Waals surface area contributed by atoms with Gasteiger partial charge in [-0.15, -0.1) is 0 Å². The number of halogens is 1. The summed E-state index contributed by atoms with van der Waals surface area (Å²) in [5.41, 5.74) is 3.94. The van der Waals surface area contributed by atoms with Crippen molar-refractivity contribution in [2.24, 2.45) is 5.10 Å². The zero-order valence-corrected chi connectivity index (χ0v) is 11.2. The maximum absolute atomic E-state index is 11.8. The van der Waals surface area contributed by atoms with Crippen molar-refractivity contribution >= 4 is 34.0 Å². The first-order valence-corrected chi connectivity index (χ1v) is 6.24. The van der Waals surface area contributed by atoms with Crippen molar-refractivity contribution in [1.82, 2.24) is 0 Å². The highest BCUT2D eigenvalue weighted by Gasteiger charge is 2.20. The molecule has 0 radical (unpaired) electrons. The average molecular weight is 287 g/mol. The summed E-state index contributed by atoms with van der Waals surface area (Å²) in [5.74, 6) is -0.846. The van der Waals surface area contributed by atoms with Crippen LogP contribution in [0.5, 0.6) is 0 Å². The number of ketones is 1. The molecule has 0 aromatic heterocycles. The third-order valence-corrected chi connectivity index (χ3v) is 2.68. The van der Waals surface area contributed by atoms with Gasteiger partial charge >= 0.3 is 0 Å². The molecule has 20 heavy (non-hydrogen) atoms. The fourth-order valence-corrected chi connectivity index (χ4v) is 1.66. The number of para-hydroxylation sites is 1. The third kappa shape index (κ3) is 3.52. The van der Waals surface area contributed by atoms with E-state index in [0.29, 0.717) is 11.3 Å². The fourth-order valence-electron chi connectivity index (χ4n) is 1.57. The van der Waals surface area contributed by atoms with E-state index < -0.39 is 11.0 Å². The van der Waals surface area contributed by atoms with Crippen LogP contribution in [0.4, 0.5) is 5.69 Å². The molecular formula is C15H11ClN2O2. The molecule has 2 aromatic rings. The number of rotatable bonds is 5. The standard InChI is InChI=1S/C15H11ClN2O2/c16-15(20)14(19)13(11-7-3-1-4-8-11)18-17-12-9-5-2-6-10-12/h1-10,17H. The first-order chi connectivity index (χ1) is 9.68. The van der Waals surface area contributed by atoms with Crippen molar-refractivity contribution in [2.75, 3.05) is 5.43 Å². The second kappa shape index (κ2) is 6.63. The molecule has 0 saturated carbocycles. The molecular weight excluding hydrogens is 276 g/mol. The summed E-state index contributed by atoms with van der Waals surface area (Å²) < 4.78 is 0. The van der Waals surface area contributed by atoms with E-state index in [4.69, 9.17) is 11.6 Å². The molecule has 0 aliphatic heterocycles. The Kier molecular flexibility index (Phi) is 4.63. The number of Topliss-reactive ketones (excluding diaryl/α,β-unsaturated/α-hetero) is 1. The highest BCUT2D eigenvalue weighted by atomic mass is 35.5. The van der Waals surface area contributed by atoms with E-state index in [1.807, 2.05) is 18.2 Å². The molecule has 2 aromatic carbocycles. The van der Waals surface area contributed by atoms with E-state index in [2.05, 4.69) is 10.5 Å². The van der Waals surface area contributed by atoms with E-state index in [1.54, 1.807) is 42.5 Å². The van der Waals surface area contributed by atoms with Gasteiger partial charge in [0.25, 0.3) is 11.0 Å². The van der Waals surface area contributed by atoms with Crippen molar-refractivity contribution in [2.45, 2.75) is 0 Å². The Balaban J connectivity index is 2.32. The Morgan fingerprint density at radius 3 is 2.00 bits per heavy atom. The lowest BCUT2D eigenvalue weighted by molar-refractivity contribution is -0.127. The van der Waals surface area contributed by atoms with Crippen LogP contribution >= 0.6 is 11.6 Å². The van der Waals surface area contributed by atoms with E-state index in [-0.39, 0.29) is 5.71 Å². The van der Waals surface area contributed by atoms with Gasteiger partial charge in [0, 0.05) is 5.56 Å². The maximum atomic E-state index is 11.8. The molecule has 0 heterocycles. The molecule has 2 rings (SSSR count). The number of carbonyl (C=O) groups is 2. The lowest BCUT2D eigenvalue weighted by atomic mass is 10.1. The van der Waals surface area contributed by atoms with Gasteiger partial charge in [0.15, 0.2) is 0 Å². The lowest BCUT2D eigenvalue weighted by Gasteiger charge is -2.05. The molecule has 0 aliphatic carbocycles. The molecule has 5 heteroatoms. The minimum absolute atomic E-state index is 0.0190. The Hall–Kier alpha value is -2.46. The summed E-state index contributed by atoms with van der Waals surface area (Å²) in [6, 6.07) is 17.8. The van der Waals surface area contributed by atoms with Gasteiger partial charge in [0.2, 0.25) is 0 Å². The molecule has 0 aliphatic rings. The first-order valence-electron chi connectivity index (χ1n) is 5.87. The van der Waals surface area contributed by atoms with Crippen LogP contribution < -0.4 is 5.43 Å². The molecule has 0 amide bonds. The van der Waals surface area contributed by atoms with E-state index in [9.17, 15) is 9.59 Å². The smallest absolute Gasteiger partial charge is 0.282 e. The van der Waals surface area contributed by atoms with Gasteiger partial charge in [0.1, 0.15) is 5.71 Å². The van der Waals surface area contributed by atoms with Crippen molar-refractivity contribution in [3.05, 3.63) is 66.2 Å². The number of nitrogens with one attached hydrogen (secondary N) is 1. The molecule has 0 atom stereocenters. The summed E-state index contributed by atoms with van der Waals surface area (Å²) in [6.07, 6.45) is 0. The average Bonchev–Trinajstić information content (AvgIpc) is 2.49. The van der Waals surface area contributed by atoms with Gasteiger partial charge in [-0.1, -0.05) is 48.5 Å². The van der Waals surface area contributed by atoms with Gasteiger partial charge in [-0.05, 0) is 23.7 Å². The van der Waals surface area contributed by atoms with Crippen LogP contribution in [-0.4, -0.2) is 16.7 Å². The topological polar surface area (TPSA) is 58.5 Å². The quantitative estimate of drug-likeness (QED) is 0.398. The van der Waals surface area contributed by atoms with Crippen molar-refractivity contribution in [3.63, 3.8) is 0 Å². The number of carbonyl (C=O) groups excluding carboxylic acids is 2. The summed E-state index contributed by atoms with van der Waals surface area (Å²) in [5, 5.41) is 2.93. The highest BCUT2D eigenvalue weighted by Crippen LogP contribution is 2.08. The lowest BCUT2D eigenvalue weighted by Crippen LogP contribution is -2.22. The summed E-state index contributed by atoms with van der Waals surface area (Å²) in [6.45, 7) is 0. The van der Waals surface area contributed by atoms with Crippen molar-refractivity contribution < 1.29 is 9.59 Å². The normalized spacial score (nSPS) is 10.9. The Labute approximate surface area is 121 Å². The molecule has 4 nitrogen and oxygen atoms in total. The maximum Gasteiger partial charge on any atom is 0.294 e. The van der Waals surface area contributed by atoms with Gasteiger partial charge in [-0.2, -0.15) is 5.10 Å². The number of hydrazone groups is 1. The SMILES string of the molecule is O=C(Cl)C(=O)C(=NNc1ccccc1)c1ccccc1. The molecule has 0 spiro atoms. The second-order valence-corrected chi connectivity index (χ2v) is 4.25. The molecule has 1 N–H and O–H groups in total. The second-order valence-electron chi connectivity index (χ2n) is 3.91. The first kappa shape index (κ1) is 14.0. The van der Waals surface area contributed by atoms with Crippen LogP contribution in [0, 0.1) is 0 Å². The number of hydrogen-bond acceptors (Lipinski definition) is 4. The predicted octanol–water partition coefficient (Wildman–Crippen LogP) is 2.84. The molecule has 0 fully saturated rings. The summed E-state index contributed by atoms with van der Waals surface area (Å²) in [4.78, 5) is 22.9. The molecule has 0 saturated heterocycles. The van der Waals surface area contributed by atoms with Crippen LogP contribution in [0.25, 0.3) is 0 Å². The van der Waals surface area contributed by atoms with Gasteiger partial charge in [-0.3, -0.25) is 15.0 Å². The summed E-state index contributed by atoms with van der Waals surface area (Å²) >= 11 is 5.26. The molecule has 0 bridgehead atoms. The number of anilines is 1. The number of nitrogens with zero attached hydrogens (tertiary/aromatic N) is 1. The monoisotopic (exact) mass is 286 g/mol. The van der Waals surface area contributed by atoms with Crippen LogP contribution in [-0.2, 0) is 9.59 Å². The molecule has 0 unspecified atom stereocenters. The minimum atomic E-state index is -1.07. The van der Waals surface area contributed by atoms with E-state index in [0.717, 1.165) is 0 Å². The van der Waals surface area contributed by atoms with Gasteiger partial charge < -0.3 is 0 Å². The zero-order valence-electron chi connectivity index (χ0n) is 10.4. The summed E-state index contributed by atoms with van der Waals surface area (Å²) in [7, 11) is 0. The zero-order chi connectivity index (χ0) is 14.4. The Morgan fingerprint density at radius 1 is 0.900 bits per heavy atom. The van der Waals surface area contributed by atoms with Crippen molar-refractivity contribution in [3.8, 4) is 0 Å². The third-order valence-electron chi connectivity index (χ3n) is 2.51. The number of benzene rings is 2. The van der Waals surface area contributed by atoms with Crippen LogP contribution in [0.3, 0.4) is 0 Å². The predicted molar refractivity (Wildman–Crippen MR) is 78.9 cm³/mol. The van der Waals surface area contributed by atoms with Crippen LogP contribution in [0.15, 0.2) is 65.8 Å². The van der Waals surface area contributed by atoms with Crippen LogP contribution in [0.2, 0.25) is 0 Å². The largest absolute Gasteiger partial charge is 0.294 e. The van der Waals surface area contributed by atoms with Gasteiger partial charge in [-0.25, -0.2) is 0 Å².